The van der Waals surface area contributed by atoms with Crippen LogP contribution in [0.3, 0.4) is 0 Å². The van der Waals surface area contributed by atoms with E-state index in [0.717, 1.165) is 50.5 Å². The molecule has 4 nitrogen and oxygen atoms in total. The molecule has 0 radical (unpaired) electrons. The molecule has 0 aromatic carbocycles. The summed E-state index contributed by atoms with van der Waals surface area (Å²) in [4.78, 5) is 7.63. The molecule has 1 aromatic heterocycles. The van der Waals surface area contributed by atoms with E-state index in [1.165, 1.54) is 12.8 Å². The molecule has 2 rings (SSSR count). The third kappa shape index (κ3) is 3.97. The molecule has 2 N–H and O–H groups in total. The van der Waals surface area contributed by atoms with Gasteiger partial charge in [0.05, 0.1) is 11.8 Å². The van der Waals surface area contributed by atoms with E-state index in [1.54, 1.807) is 0 Å². The topological polar surface area (TPSA) is 49.9 Å². The lowest BCUT2D eigenvalue weighted by molar-refractivity contribution is 0.110. The van der Waals surface area contributed by atoms with Crippen LogP contribution in [0.25, 0.3) is 0 Å². The van der Waals surface area contributed by atoms with Crippen molar-refractivity contribution in [3.8, 4) is 0 Å². The number of halogens is 1. The molecule has 1 aliphatic heterocycles. The Bertz CT molecular complexity index is 361. The second-order valence-corrected chi connectivity index (χ2v) is 5.18. The summed E-state index contributed by atoms with van der Waals surface area (Å²) >= 11 is 6.11. The Morgan fingerprint density at radius 1 is 1.56 bits per heavy atom. The van der Waals surface area contributed by atoms with Crippen molar-refractivity contribution < 1.29 is 4.74 Å². The van der Waals surface area contributed by atoms with Crippen LogP contribution in [0.2, 0.25) is 5.15 Å². The van der Waals surface area contributed by atoms with Crippen molar-refractivity contribution in [2.24, 2.45) is 0 Å². The van der Waals surface area contributed by atoms with Gasteiger partial charge < -0.3 is 15.0 Å². The molecular formula is C13H22ClN3O. The van der Waals surface area contributed by atoms with Crippen LogP contribution in [-0.2, 0) is 17.7 Å². The van der Waals surface area contributed by atoms with E-state index in [9.17, 15) is 0 Å². The Labute approximate surface area is 113 Å². The van der Waals surface area contributed by atoms with E-state index < -0.39 is 0 Å². The van der Waals surface area contributed by atoms with Gasteiger partial charge in [-0.25, -0.2) is 4.98 Å². The monoisotopic (exact) mass is 271 g/mol. The number of nitrogens with zero attached hydrogens (tertiary/aromatic N) is 1. The molecule has 1 aromatic rings. The molecule has 0 bridgehead atoms. The highest BCUT2D eigenvalue weighted by molar-refractivity contribution is 6.30. The van der Waals surface area contributed by atoms with Gasteiger partial charge in [-0.05, 0) is 19.3 Å². The number of aromatic nitrogens is 2. The Hall–Kier alpha value is -0.580. The maximum absolute atomic E-state index is 6.11. The summed E-state index contributed by atoms with van der Waals surface area (Å²) < 4.78 is 5.56. The molecule has 1 fully saturated rings. The summed E-state index contributed by atoms with van der Waals surface area (Å²) in [5.74, 6) is 0.996. The van der Waals surface area contributed by atoms with Gasteiger partial charge in [-0.3, -0.25) is 0 Å². The number of aryl methyl sites for hydroxylation is 1. The molecule has 0 saturated carbocycles. The first-order chi connectivity index (χ1) is 8.79. The normalized spacial score (nSPS) is 19.6. The van der Waals surface area contributed by atoms with Gasteiger partial charge in [-0.2, -0.15) is 0 Å². The second kappa shape index (κ2) is 7.12. The number of aromatic amines is 1. The number of ether oxygens (including phenoxy) is 1. The minimum Gasteiger partial charge on any atom is -0.377 e. The average molecular weight is 272 g/mol. The summed E-state index contributed by atoms with van der Waals surface area (Å²) in [5, 5.41) is 3.97. The number of hydrogen-bond acceptors (Lipinski definition) is 3. The van der Waals surface area contributed by atoms with Gasteiger partial charge in [-0.15, -0.1) is 0 Å². The van der Waals surface area contributed by atoms with Crippen molar-refractivity contribution >= 4 is 11.6 Å². The molecule has 2 heterocycles. The van der Waals surface area contributed by atoms with E-state index in [2.05, 4.69) is 22.2 Å². The molecule has 18 heavy (non-hydrogen) atoms. The molecule has 0 aliphatic carbocycles. The SMILES string of the molecule is CCCCc1nc(Cl)c(CNCC2CCCO2)[nH]1. The zero-order chi connectivity index (χ0) is 12.8. The smallest absolute Gasteiger partial charge is 0.151 e. The van der Waals surface area contributed by atoms with Crippen LogP contribution >= 0.6 is 11.6 Å². The molecular weight excluding hydrogens is 250 g/mol. The first-order valence-electron chi connectivity index (χ1n) is 6.85. The van der Waals surface area contributed by atoms with Gasteiger partial charge in [0, 0.05) is 26.1 Å². The summed E-state index contributed by atoms with van der Waals surface area (Å²) in [6.07, 6.45) is 6.00. The van der Waals surface area contributed by atoms with Crippen LogP contribution in [0, 0.1) is 0 Å². The summed E-state index contributed by atoms with van der Waals surface area (Å²) in [7, 11) is 0. The predicted molar refractivity (Wildman–Crippen MR) is 72.9 cm³/mol. The van der Waals surface area contributed by atoms with Crippen LogP contribution < -0.4 is 5.32 Å². The van der Waals surface area contributed by atoms with Gasteiger partial charge in [-0.1, -0.05) is 24.9 Å². The Morgan fingerprint density at radius 3 is 3.17 bits per heavy atom. The molecule has 102 valence electrons. The van der Waals surface area contributed by atoms with Crippen molar-refractivity contribution in [2.75, 3.05) is 13.2 Å². The fourth-order valence-electron chi connectivity index (χ4n) is 2.18. The summed E-state index contributed by atoms with van der Waals surface area (Å²) in [6, 6.07) is 0. The van der Waals surface area contributed by atoms with Crippen molar-refractivity contribution in [3.63, 3.8) is 0 Å². The molecule has 1 atom stereocenters. The molecule has 0 spiro atoms. The fourth-order valence-corrected chi connectivity index (χ4v) is 2.40. The van der Waals surface area contributed by atoms with Gasteiger partial charge in [0.25, 0.3) is 0 Å². The lowest BCUT2D eigenvalue weighted by Gasteiger charge is -2.09. The highest BCUT2D eigenvalue weighted by Crippen LogP contribution is 2.15. The van der Waals surface area contributed by atoms with E-state index in [4.69, 9.17) is 16.3 Å². The number of rotatable bonds is 7. The number of unbranched alkanes of at least 4 members (excludes halogenated alkanes) is 1. The number of nitrogens with one attached hydrogen (secondary N) is 2. The van der Waals surface area contributed by atoms with E-state index in [0.29, 0.717) is 11.3 Å². The van der Waals surface area contributed by atoms with Crippen LogP contribution in [-0.4, -0.2) is 29.2 Å². The standard InChI is InChI=1S/C13H22ClN3O/c1-2-3-6-12-16-11(13(14)17-12)9-15-8-10-5-4-7-18-10/h10,15H,2-9H2,1H3,(H,16,17). The minimum atomic E-state index is 0.367. The van der Waals surface area contributed by atoms with Crippen LogP contribution in [0.4, 0.5) is 0 Å². The van der Waals surface area contributed by atoms with E-state index in [-0.39, 0.29) is 0 Å². The lowest BCUT2D eigenvalue weighted by atomic mass is 10.2. The first kappa shape index (κ1) is 13.8. The Balaban J connectivity index is 1.75. The van der Waals surface area contributed by atoms with Crippen molar-refractivity contribution in [2.45, 2.75) is 51.7 Å². The van der Waals surface area contributed by atoms with Gasteiger partial charge >= 0.3 is 0 Å². The van der Waals surface area contributed by atoms with Gasteiger partial charge in [0.2, 0.25) is 0 Å². The highest BCUT2D eigenvalue weighted by Gasteiger charge is 2.15. The minimum absolute atomic E-state index is 0.367. The van der Waals surface area contributed by atoms with Crippen LogP contribution in [0.15, 0.2) is 0 Å². The highest BCUT2D eigenvalue weighted by atomic mass is 35.5. The molecule has 1 saturated heterocycles. The van der Waals surface area contributed by atoms with Crippen molar-refractivity contribution in [1.82, 2.24) is 15.3 Å². The Morgan fingerprint density at radius 2 is 2.44 bits per heavy atom. The maximum atomic E-state index is 6.11. The van der Waals surface area contributed by atoms with Crippen LogP contribution in [0.1, 0.15) is 44.1 Å². The van der Waals surface area contributed by atoms with Gasteiger partial charge in [0.15, 0.2) is 5.15 Å². The summed E-state index contributed by atoms with van der Waals surface area (Å²) in [5.41, 5.74) is 0.987. The van der Waals surface area contributed by atoms with Crippen molar-refractivity contribution in [3.05, 3.63) is 16.7 Å². The number of H-pyrrole nitrogens is 1. The largest absolute Gasteiger partial charge is 0.377 e. The average Bonchev–Trinajstić information content (AvgIpc) is 2.98. The molecule has 5 heteroatoms. The zero-order valence-electron chi connectivity index (χ0n) is 11.0. The third-order valence-corrected chi connectivity index (χ3v) is 3.55. The number of imidazole rings is 1. The maximum Gasteiger partial charge on any atom is 0.151 e. The first-order valence-corrected chi connectivity index (χ1v) is 7.23. The molecule has 1 aliphatic rings. The van der Waals surface area contributed by atoms with Crippen LogP contribution in [0.5, 0.6) is 0 Å². The van der Waals surface area contributed by atoms with E-state index in [1.807, 2.05) is 0 Å². The quantitative estimate of drug-likeness (QED) is 0.802. The molecule has 1 unspecified atom stereocenters. The zero-order valence-corrected chi connectivity index (χ0v) is 11.7. The second-order valence-electron chi connectivity index (χ2n) is 4.82. The Kier molecular flexibility index (Phi) is 5.47. The lowest BCUT2D eigenvalue weighted by Crippen LogP contribution is -2.26. The predicted octanol–water partition coefficient (Wildman–Crippen LogP) is 2.67. The fraction of sp³-hybridized carbons (Fsp3) is 0.769. The van der Waals surface area contributed by atoms with Crippen molar-refractivity contribution in [1.29, 1.82) is 0 Å². The van der Waals surface area contributed by atoms with E-state index >= 15 is 0 Å². The summed E-state index contributed by atoms with van der Waals surface area (Å²) in [6.45, 7) is 4.70. The third-order valence-electron chi connectivity index (χ3n) is 3.24. The molecule has 0 amide bonds. The number of hydrogen-bond donors (Lipinski definition) is 2. The van der Waals surface area contributed by atoms with Gasteiger partial charge in [0.1, 0.15) is 5.82 Å².